The van der Waals surface area contributed by atoms with Gasteiger partial charge < -0.3 is 5.32 Å². The largest absolute Gasteiger partial charge is 0.314 e. The second-order valence-corrected chi connectivity index (χ2v) is 6.53. The third-order valence-electron chi connectivity index (χ3n) is 4.79. The summed E-state index contributed by atoms with van der Waals surface area (Å²) in [5.74, 6) is 0. The number of halogens is 1. The number of hydrogen-bond donors (Lipinski definition) is 1. The number of nitrogens with one attached hydrogen (secondary N) is 1. The Kier molecular flexibility index (Phi) is 3.84. The first-order valence-electron chi connectivity index (χ1n) is 7.40. The Morgan fingerprint density at radius 2 is 2.11 bits per heavy atom. The second kappa shape index (κ2) is 5.43. The number of rotatable bonds is 2. The maximum atomic E-state index is 6.40. The predicted molar refractivity (Wildman–Crippen MR) is 80.7 cm³/mol. The molecule has 0 radical (unpaired) electrons. The van der Waals surface area contributed by atoms with Gasteiger partial charge in [0, 0.05) is 36.7 Å². The molecule has 0 unspecified atom stereocenters. The van der Waals surface area contributed by atoms with E-state index in [1.165, 1.54) is 36.8 Å². The molecular formula is C16H23ClN2. The number of nitrogens with zero attached hydrogens (tertiary/aromatic N) is 1. The van der Waals surface area contributed by atoms with E-state index in [9.17, 15) is 0 Å². The highest BCUT2D eigenvalue weighted by Crippen LogP contribution is 2.37. The quantitative estimate of drug-likeness (QED) is 0.892. The van der Waals surface area contributed by atoms with Gasteiger partial charge in [-0.3, -0.25) is 4.90 Å². The van der Waals surface area contributed by atoms with Crippen LogP contribution in [0.4, 0.5) is 0 Å². The first-order chi connectivity index (χ1) is 9.20. The highest BCUT2D eigenvalue weighted by atomic mass is 35.5. The molecule has 0 amide bonds. The lowest BCUT2D eigenvalue weighted by molar-refractivity contribution is 0.0573. The van der Waals surface area contributed by atoms with Crippen LogP contribution >= 0.6 is 11.6 Å². The minimum Gasteiger partial charge on any atom is -0.314 e. The Morgan fingerprint density at radius 3 is 2.84 bits per heavy atom. The highest BCUT2D eigenvalue weighted by Gasteiger charge is 2.40. The van der Waals surface area contributed by atoms with Gasteiger partial charge in [-0.15, -0.1) is 0 Å². The molecule has 2 nitrogen and oxygen atoms in total. The molecule has 0 aromatic heterocycles. The molecule has 3 heteroatoms. The van der Waals surface area contributed by atoms with Crippen molar-refractivity contribution in [1.29, 1.82) is 0 Å². The van der Waals surface area contributed by atoms with Gasteiger partial charge in [0.05, 0.1) is 0 Å². The van der Waals surface area contributed by atoms with E-state index in [-0.39, 0.29) is 0 Å². The molecule has 1 aromatic rings. The summed E-state index contributed by atoms with van der Waals surface area (Å²) in [6.07, 6.45) is 5.42. The standard InChI is InChI=1S/C16H23ClN2/c1-13-4-5-14(15(17)10-13)11-19-9-8-18-12-16(19)6-2-3-7-16/h4-5,10,18H,2-3,6-9,11-12H2,1H3. The van der Waals surface area contributed by atoms with Crippen molar-refractivity contribution in [2.45, 2.75) is 44.7 Å². The normalized spacial score (nSPS) is 23.1. The van der Waals surface area contributed by atoms with Gasteiger partial charge in [-0.25, -0.2) is 0 Å². The Bertz CT molecular complexity index is 452. The van der Waals surface area contributed by atoms with Crippen LogP contribution in [0.1, 0.15) is 36.8 Å². The van der Waals surface area contributed by atoms with Gasteiger partial charge in [0.2, 0.25) is 0 Å². The number of piperazine rings is 1. The Balaban J connectivity index is 1.80. The average Bonchev–Trinajstić information content (AvgIpc) is 2.85. The van der Waals surface area contributed by atoms with Crippen LogP contribution in [-0.4, -0.2) is 30.1 Å². The molecule has 19 heavy (non-hydrogen) atoms. The lowest BCUT2D eigenvalue weighted by Crippen LogP contribution is -2.59. The van der Waals surface area contributed by atoms with Gasteiger partial charge in [-0.1, -0.05) is 36.6 Å². The van der Waals surface area contributed by atoms with E-state index >= 15 is 0 Å². The lowest BCUT2D eigenvalue weighted by atomic mass is 9.92. The van der Waals surface area contributed by atoms with Crippen molar-refractivity contribution in [1.82, 2.24) is 10.2 Å². The Labute approximate surface area is 121 Å². The fraction of sp³-hybridized carbons (Fsp3) is 0.625. The van der Waals surface area contributed by atoms with Crippen LogP contribution in [0.5, 0.6) is 0 Å². The number of benzene rings is 1. The topological polar surface area (TPSA) is 15.3 Å². The van der Waals surface area contributed by atoms with E-state index in [1.54, 1.807) is 0 Å². The third kappa shape index (κ3) is 2.67. The van der Waals surface area contributed by atoms with Crippen LogP contribution in [-0.2, 0) is 6.54 Å². The van der Waals surface area contributed by atoms with Crippen molar-refractivity contribution in [3.63, 3.8) is 0 Å². The number of hydrogen-bond acceptors (Lipinski definition) is 2. The molecule has 2 aliphatic rings. The van der Waals surface area contributed by atoms with Crippen molar-refractivity contribution in [2.75, 3.05) is 19.6 Å². The first kappa shape index (κ1) is 13.4. The maximum absolute atomic E-state index is 6.40. The molecule has 1 aliphatic carbocycles. The van der Waals surface area contributed by atoms with E-state index in [2.05, 4.69) is 35.3 Å². The van der Waals surface area contributed by atoms with Crippen molar-refractivity contribution in [2.24, 2.45) is 0 Å². The summed E-state index contributed by atoms with van der Waals surface area (Å²) in [6, 6.07) is 6.45. The van der Waals surface area contributed by atoms with Crippen molar-refractivity contribution in [3.05, 3.63) is 34.3 Å². The Morgan fingerprint density at radius 1 is 1.32 bits per heavy atom. The predicted octanol–water partition coefficient (Wildman–Crippen LogP) is 3.37. The smallest absolute Gasteiger partial charge is 0.0453 e. The van der Waals surface area contributed by atoms with E-state index in [0.717, 1.165) is 31.2 Å². The van der Waals surface area contributed by atoms with Crippen molar-refractivity contribution >= 4 is 11.6 Å². The van der Waals surface area contributed by atoms with E-state index in [0.29, 0.717) is 5.54 Å². The molecular weight excluding hydrogens is 256 g/mol. The van der Waals surface area contributed by atoms with Crippen LogP contribution in [0.2, 0.25) is 5.02 Å². The molecule has 1 aliphatic heterocycles. The summed E-state index contributed by atoms with van der Waals surface area (Å²) in [6.45, 7) is 6.49. The van der Waals surface area contributed by atoms with Crippen LogP contribution in [0.15, 0.2) is 18.2 Å². The molecule has 0 atom stereocenters. The molecule has 1 N–H and O–H groups in total. The fourth-order valence-corrected chi connectivity index (χ4v) is 3.94. The molecule has 1 saturated heterocycles. The van der Waals surface area contributed by atoms with Crippen LogP contribution < -0.4 is 5.32 Å². The van der Waals surface area contributed by atoms with Gasteiger partial charge in [0.25, 0.3) is 0 Å². The second-order valence-electron chi connectivity index (χ2n) is 6.12. The van der Waals surface area contributed by atoms with Gasteiger partial charge in [-0.05, 0) is 37.0 Å². The zero-order valence-corrected chi connectivity index (χ0v) is 12.5. The molecule has 1 heterocycles. The Hall–Kier alpha value is -0.570. The van der Waals surface area contributed by atoms with Gasteiger partial charge in [-0.2, -0.15) is 0 Å². The monoisotopic (exact) mass is 278 g/mol. The maximum Gasteiger partial charge on any atom is 0.0453 e. The van der Waals surface area contributed by atoms with Crippen molar-refractivity contribution in [3.8, 4) is 0 Å². The van der Waals surface area contributed by atoms with Crippen molar-refractivity contribution < 1.29 is 0 Å². The summed E-state index contributed by atoms with van der Waals surface area (Å²) in [5.41, 5.74) is 2.91. The van der Waals surface area contributed by atoms with Gasteiger partial charge in [0.15, 0.2) is 0 Å². The van der Waals surface area contributed by atoms with E-state index in [4.69, 9.17) is 11.6 Å². The van der Waals surface area contributed by atoms with Gasteiger partial charge in [0.1, 0.15) is 0 Å². The third-order valence-corrected chi connectivity index (χ3v) is 5.14. The fourth-order valence-electron chi connectivity index (χ4n) is 3.64. The number of aryl methyl sites for hydroxylation is 1. The zero-order valence-electron chi connectivity index (χ0n) is 11.7. The van der Waals surface area contributed by atoms with E-state index < -0.39 is 0 Å². The highest BCUT2D eigenvalue weighted by molar-refractivity contribution is 6.31. The molecule has 3 rings (SSSR count). The zero-order chi connectivity index (χ0) is 13.3. The van der Waals surface area contributed by atoms with E-state index in [1.807, 2.05) is 0 Å². The minimum absolute atomic E-state index is 0.395. The molecule has 0 bridgehead atoms. The molecule has 2 fully saturated rings. The van der Waals surface area contributed by atoms with Crippen LogP contribution in [0, 0.1) is 6.92 Å². The molecule has 1 saturated carbocycles. The summed E-state index contributed by atoms with van der Waals surface area (Å²) in [7, 11) is 0. The summed E-state index contributed by atoms with van der Waals surface area (Å²) >= 11 is 6.40. The SMILES string of the molecule is Cc1ccc(CN2CCNCC23CCCC3)c(Cl)c1. The summed E-state index contributed by atoms with van der Waals surface area (Å²) in [5, 5.41) is 4.51. The molecule has 104 valence electrons. The van der Waals surface area contributed by atoms with Crippen LogP contribution in [0.3, 0.4) is 0 Å². The minimum atomic E-state index is 0.395. The lowest BCUT2D eigenvalue weighted by Gasteiger charge is -2.45. The summed E-state index contributed by atoms with van der Waals surface area (Å²) in [4.78, 5) is 2.67. The molecule has 1 spiro atoms. The molecule has 1 aromatic carbocycles. The first-order valence-corrected chi connectivity index (χ1v) is 7.78. The van der Waals surface area contributed by atoms with Gasteiger partial charge >= 0.3 is 0 Å². The van der Waals surface area contributed by atoms with Crippen LogP contribution in [0.25, 0.3) is 0 Å². The average molecular weight is 279 g/mol. The summed E-state index contributed by atoms with van der Waals surface area (Å²) < 4.78 is 0.